The van der Waals surface area contributed by atoms with Gasteiger partial charge in [-0.15, -0.1) is 24.3 Å². The third kappa shape index (κ3) is 6.84. The minimum atomic E-state index is -0.754. The highest BCUT2D eigenvalue weighted by atomic mass is 32.1. The molecule has 34 heavy (non-hydrogen) atoms. The molecule has 0 radical (unpaired) electrons. The van der Waals surface area contributed by atoms with Crippen molar-refractivity contribution in [2.24, 2.45) is 0 Å². The molecule has 0 saturated heterocycles. The maximum atomic E-state index is 13.4. The summed E-state index contributed by atoms with van der Waals surface area (Å²) in [6.07, 6.45) is 6.96. The molecule has 0 fully saturated rings. The highest BCUT2D eigenvalue weighted by molar-refractivity contribution is 7.10. The van der Waals surface area contributed by atoms with Crippen LogP contribution >= 0.6 is 11.3 Å². The number of aliphatic hydroxyl groups is 1. The smallest absolute Gasteiger partial charge is 0.237 e. The van der Waals surface area contributed by atoms with Crippen molar-refractivity contribution in [3.05, 3.63) is 58.8 Å². The van der Waals surface area contributed by atoms with Crippen LogP contribution in [-0.4, -0.2) is 80.0 Å². The molecular weight excluding hydrogens is 452 g/mol. The van der Waals surface area contributed by atoms with E-state index in [4.69, 9.17) is 20.6 Å². The van der Waals surface area contributed by atoms with E-state index in [9.17, 15) is 9.90 Å². The van der Waals surface area contributed by atoms with Gasteiger partial charge in [0.2, 0.25) is 5.91 Å². The van der Waals surface area contributed by atoms with Gasteiger partial charge >= 0.3 is 0 Å². The van der Waals surface area contributed by atoms with Crippen LogP contribution in [0.2, 0.25) is 0 Å². The van der Waals surface area contributed by atoms with Crippen LogP contribution < -0.4 is 9.47 Å². The Morgan fingerprint density at radius 2 is 2.21 bits per heavy atom. The summed E-state index contributed by atoms with van der Waals surface area (Å²) in [5.41, 5.74) is 1.12. The Morgan fingerprint density at radius 1 is 1.41 bits per heavy atom. The molecule has 0 aliphatic carbocycles. The largest absolute Gasteiger partial charge is 0.493 e. The van der Waals surface area contributed by atoms with Crippen LogP contribution in [0.3, 0.4) is 0 Å². The summed E-state index contributed by atoms with van der Waals surface area (Å²) >= 11 is 1.71. The molecule has 0 spiro atoms. The fourth-order valence-electron chi connectivity index (χ4n) is 4.05. The van der Waals surface area contributed by atoms with E-state index in [0.717, 1.165) is 12.0 Å². The van der Waals surface area contributed by atoms with Gasteiger partial charge in [0.15, 0.2) is 11.5 Å². The summed E-state index contributed by atoms with van der Waals surface area (Å²) < 4.78 is 16.8. The van der Waals surface area contributed by atoms with Gasteiger partial charge in [-0.25, -0.2) is 0 Å². The lowest BCUT2D eigenvalue weighted by atomic mass is 10.0. The molecule has 182 valence electrons. The first-order valence-corrected chi connectivity index (χ1v) is 12.1. The Kier molecular flexibility index (Phi) is 9.98. The van der Waals surface area contributed by atoms with E-state index >= 15 is 0 Å². The molecule has 3 rings (SSSR count). The highest BCUT2D eigenvalue weighted by Gasteiger charge is 2.33. The molecule has 2 aromatic rings. The zero-order chi connectivity index (χ0) is 24.3. The topological polar surface area (TPSA) is 71.5 Å². The summed E-state index contributed by atoms with van der Waals surface area (Å²) in [6, 6.07) is 9.35. The normalized spacial score (nSPS) is 15.9. The van der Waals surface area contributed by atoms with Crippen molar-refractivity contribution < 1.29 is 24.1 Å². The first-order chi connectivity index (χ1) is 16.6. The van der Waals surface area contributed by atoms with Crippen molar-refractivity contribution in [1.82, 2.24) is 9.80 Å². The molecule has 1 N–H and O–H groups in total. The number of benzene rings is 1. The van der Waals surface area contributed by atoms with Crippen LogP contribution in [0.15, 0.2) is 48.4 Å². The SMILES string of the molecule is C#CCOCC(O)CN(CC=C)CC(=O)N1CCc2sccc2C1COc1ccccc1OC. The second-order valence-electron chi connectivity index (χ2n) is 7.97. The number of rotatable bonds is 13. The molecule has 7 nitrogen and oxygen atoms in total. The van der Waals surface area contributed by atoms with Gasteiger partial charge in [-0.2, -0.15) is 0 Å². The minimum Gasteiger partial charge on any atom is -0.493 e. The van der Waals surface area contributed by atoms with Gasteiger partial charge < -0.3 is 24.2 Å². The van der Waals surface area contributed by atoms with E-state index in [2.05, 4.69) is 23.9 Å². The van der Waals surface area contributed by atoms with E-state index in [0.29, 0.717) is 31.2 Å². The number of nitrogens with zero attached hydrogens (tertiary/aromatic N) is 2. The van der Waals surface area contributed by atoms with Gasteiger partial charge in [-0.05, 0) is 35.6 Å². The number of carbonyl (C=O) groups is 1. The molecule has 0 bridgehead atoms. The van der Waals surface area contributed by atoms with Crippen LogP contribution in [0.4, 0.5) is 0 Å². The fourth-order valence-corrected chi connectivity index (χ4v) is 4.98. The van der Waals surface area contributed by atoms with Crippen LogP contribution in [0.5, 0.6) is 11.5 Å². The third-order valence-corrected chi connectivity index (χ3v) is 6.59. The molecule has 2 unspecified atom stereocenters. The number of thiophene rings is 1. The molecular formula is C26H32N2O5S. The highest BCUT2D eigenvalue weighted by Crippen LogP contribution is 2.35. The summed E-state index contributed by atoms with van der Waals surface area (Å²) in [7, 11) is 1.61. The monoisotopic (exact) mass is 484 g/mol. The van der Waals surface area contributed by atoms with Gasteiger partial charge in [0.1, 0.15) is 13.2 Å². The number of carbonyl (C=O) groups excluding carboxylic acids is 1. The first-order valence-electron chi connectivity index (χ1n) is 11.2. The molecule has 1 aliphatic rings. The van der Waals surface area contributed by atoms with Gasteiger partial charge in [-0.1, -0.05) is 24.1 Å². The van der Waals surface area contributed by atoms with Crippen LogP contribution in [0, 0.1) is 12.3 Å². The van der Waals surface area contributed by atoms with Crippen molar-refractivity contribution in [2.75, 3.05) is 53.1 Å². The zero-order valence-electron chi connectivity index (χ0n) is 19.5. The van der Waals surface area contributed by atoms with E-state index in [-0.39, 0.29) is 38.3 Å². The van der Waals surface area contributed by atoms with Crippen molar-refractivity contribution in [3.8, 4) is 23.8 Å². The third-order valence-electron chi connectivity index (χ3n) is 5.59. The molecule has 2 heterocycles. The zero-order valence-corrected chi connectivity index (χ0v) is 20.3. The lowest BCUT2D eigenvalue weighted by Crippen LogP contribution is -2.48. The maximum Gasteiger partial charge on any atom is 0.237 e. The number of hydrogen-bond donors (Lipinski definition) is 1. The summed E-state index contributed by atoms with van der Waals surface area (Å²) in [4.78, 5) is 18.5. The van der Waals surface area contributed by atoms with Crippen molar-refractivity contribution in [3.63, 3.8) is 0 Å². The van der Waals surface area contributed by atoms with Crippen molar-refractivity contribution >= 4 is 17.2 Å². The Labute approximate surface area is 205 Å². The number of aliphatic hydroxyl groups excluding tert-OH is 1. The number of terminal acetylenes is 1. The second-order valence-corrected chi connectivity index (χ2v) is 8.97. The van der Waals surface area contributed by atoms with Crippen LogP contribution in [0.1, 0.15) is 16.5 Å². The first kappa shape index (κ1) is 25.8. The molecule has 2 atom stereocenters. The number of methoxy groups -OCH3 is 1. The summed E-state index contributed by atoms with van der Waals surface area (Å²) in [6.45, 7) is 5.88. The number of fused-ring (bicyclic) bond motifs is 1. The molecule has 1 aliphatic heterocycles. The summed E-state index contributed by atoms with van der Waals surface area (Å²) in [5, 5.41) is 12.3. The quantitative estimate of drug-likeness (QED) is 0.268. The van der Waals surface area contributed by atoms with Gasteiger partial charge in [0.25, 0.3) is 0 Å². The Hall–Kier alpha value is -2.83. The van der Waals surface area contributed by atoms with E-state index in [1.54, 1.807) is 24.5 Å². The molecule has 1 aromatic heterocycles. The number of hydrogen-bond acceptors (Lipinski definition) is 7. The lowest BCUT2D eigenvalue weighted by molar-refractivity contribution is -0.136. The predicted molar refractivity (Wildman–Crippen MR) is 133 cm³/mol. The predicted octanol–water partition coefficient (Wildman–Crippen LogP) is 2.76. The Morgan fingerprint density at radius 3 is 2.94 bits per heavy atom. The molecule has 1 aromatic carbocycles. The molecule has 0 saturated carbocycles. The van der Waals surface area contributed by atoms with Crippen LogP contribution in [-0.2, 0) is 16.0 Å². The standard InChI is InChI=1S/C26H32N2O5S/c1-4-12-27(16-20(29)18-32-14-5-2)17-26(30)28-13-10-25-21(11-15-34-25)22(28)19-33-24-9-7-6-8-23(24)31-3/h2,4,6-9,11,15,20,22,29H,1,10,12-14,16-19H2,3H3. The number of ether oxygens (including phenoxy) is 3. The number of para-hydroxylation sites is 2. The number of amides is 1. The van der Waals surface area contributed by atoms with Crippen LogP contribution in [0.25, 0.3) is 0 Å². The average Bonchev–Trinajstić information content (AvgIpc) is 3.32. The Balaban J connectivity index is 1.70. The van der Waals surface area contributed by atoms with E-state index in [1.165, 1.54) is 4.88 Å². The lowest BCUT2D eigenvalue weighted by Gasteiger charge is -2.37. The van der Waals surface area contributed by atoms with Gasteiger partial charge in [0.05, 0.1) is 32.4 Å². The molecule has 1 amide bonds. The van der Waals surface area contributed by atoms with Crippen molar-refractivity contribution in [1.29, 1.82) is 0 Å². The van der Waals surface area contributed by atoms with E-state index in [1.807, 2.05) is 34.1 Å². The second kappa shape index (κ2) is 13.2. The molecule has 8 heteroatoms. The Bertz CT molecular complexity index is 986. The van der Waals surface area contributed by atoms with Gasteiger partial charge in [0, 0.05) is 24.5 Å². The minimum absolute atomic E-state index is 0.0240. The summed E-state index contributed by atoms with van der Waals surface area (Å²) in [5.74, 6) is 3.65. The van der Waals surface area contributed by atoms with Gasteiger partial charge in [-0.3, -0.25) is 9.69 Å². The fraction of sp³-hybridized carbons (Fsp3) is 0.423. The van der Waals surface area contributed by atoms with E-state index < -0.39 is 6.10 Å². The average molecular weight is 485 g/mol. The van der Waals surface area contributed by atoms with Crippen molar-refractivity contribution in [2.45, 2.75) is 18.6 Å². The maximum absolute atomic E-state index is 13.4.